The van der Waals surface area contributed by atoms with Crippen molar-refractivity contribution in [1.29, 1.82) is 0 Å². The second-order valence-electron chi connectivity index (χ2n) is 6.88. The summed E-state index contributed by atoms with van der Waals surface area (Å²) in [4.78, 5) is 14.9. The van der Waals surface area contributed by atoms with E-state index in [-0.39, 0.29) is 17.8 Å². The Morgan fingerprint density at radius 2 is 2.17 bits per heavy atom. The lowest BCUT2D eigenvalue weighted by atomic mass is 10.1. The van der Waals surface area contributed by atoms with Crippen LogP contribution in [-0.4, -0.2) is 49.2 Å². The number of nitrogens with zero attached hydrogens (tertiary/aromatic N) is 1. The Morgan fingerprint density at radius 3 is 2.92 bits per heavy atom. The molecule has 1 N–H and O–H groups in total. The molecule has 1 heterocycles. The Morgan fingerprint density at radius 1 is 1.38 bits per heavy atom. The molecule has 1 aliphatic carbocycles. The quantitative estimate of drug-likeness (QED) is 0.899. The number of hydrogen-bond donors (Lipinski definition) is 1. The van der Waals surface area contributed by atoms with Gasteiger partial charge in [-0.3, -0.25) is 9.69 Å². The van der Waals surface area contributed by atoms with Gasteiger partial charge in [-0.2, -0.15) is 0 Å². The van der Waals surface area contributed by atoms with E-state index in [1.54, 1.807) is 6.07 Å². The van der Waals surface area contributed by atoms with Crippen molar-refractivity contribution in [2.24, 2.45) is 0 Å². The average molecular weight is 334 g/mol. The summed E-state index contributed by atoms with van der Waals surface area (Å²) in [6.07, 6.45) is 5.63. The Balaban J connectivity index is 1.53. The lowest BCUT2D eigenvalue weighted by Crippen LogP contribution is -2.56. The number of hydrogen-bond acceptors (Lipinski definition) is 3. The number of rotatable bonds is 5. The third-order valence-electron chi connectivity index (χ3n) is 5.26. The first-order valence-corrected chi connectivity index (χ1v) is 9.01. The van der Waals surface area contributed by atoms with Crippen LogP contribution in [0.3, 0.4) is 0 Å². The summed E-state index contributed by atoms with van der Waals surface area (Å²) < 4.78 is 18.7. The molecule has 1 saturated carbocycles. The van der Waals surface area contributed by atoms with E-state index in [1.807, 2.05) is 6.92 Å². The number of benzene rings is 1. The maximum atomic E-state index is 13.1. The van der Waals surface area contributed by atoms with Crippen molar-refractivity contribution in [3.8, 4) is 0 Å². The van der Waals surface area contributed by atoms with Gasteiger partial charge in [-0.15, -0.1) is 0 Å². The number of nitrogens with one attached hydrogen (secondary N) is 1. The summed E-state index contributed by atoms with van der Waals surface area (Å²) in [5.41, 5.74) is 2.00. The highest BCUT2D eigenvalue weighted by atomic mass is 19.1. The zero-order chi connectivity index (χ0) is 16.9. The number of amides is 1. The fourth-order valence-electron chi connectivity index (χ4n) is 3.89. The van der Waals surface area contributed by atoms with Crippen LogP contribution in [0.2, 0.25) is 0 Å². The molecule has 24 heavy (non-hydrogen) atoms. The second kappa shape index (κ2) is 8.08. The molecule has 1 unspecified atom stereocenters. The molecule has 2 aliphatic rings. The van der Waals surface area contributed by atoms with E-state index in [0.717, 1.165) is 30.7 Å². The average Bonchev–Trinajstić information content (AvgIpc) is 3.11. The minimum Gasteiger partial charge on any atom is -0.378 e. The molecule has 5 heteroatoms. The van der Waals surface area contributed by atoms with Gasteiger partial charge in [0.1, 0.15) is 11.9 Å². The standard InChI is InChI=1S/C19H27FN2O2/c1-14-12-16(20)7-6-15(14)8-9-21-19(23)18-13-24-11-10-22(18)17-4-2-3-5-17/h6-7,12,17-18H,2-5,8-11,13H2,1H3,(H,21,23). The Bertz CT molecular complexity index is 572. The molecule has 1 atom stereocenters. The van der Waals surface area contributed by atoms with Crippen molar-refractivity contribution < 1.29 is 13.9 Å². The third kappa shape index (κ3) is 4.14. The first-order valence-electron chi connectivity index (χ1n) is 9.01. The zero-order valence-corrected chi connectivity index (χ0v) is 14.4. The number of morpholine rings is 1. The molecule has 1 aliphatic heterocycles. The summed E-state index contributed by atoms with van der Waals surface area (Å²) in [7, 11) is 0. The van der Waals surface area contributed by atoms with Gasteiger partial charge in [0.25, 0.3) is 0 Å². The highest BCUT2D eigenvalue weighted by Gasteiger charge is 2.35. The van der Waals surface area contributed by atoms with E-state index >= 15 is 0 Å². The van der Waals surface area contributed by atoms with Gasteiger partial charge in [-0.1, -0.05) is 18.9 Å². The fourth-order valence-corrected chi connectivity index (χ4v) is 3.89. The molecule has 3 rings (SSSR count). The molecule has 0 radical (unpaired) electrons. The van der Waals surface area contributed by atoms with E-state index < -0.39 is 0 Å². The van der Waals surface area contributed by atoms with Gasteiger partial charge < -0.3 is 10.1 Å². The van der Waals surface area contributed by atoms with Crippen LogP contribution in [0.4, 0.5) is 4.39 Å². The molecule has 0 spiro atoms. The zero-order valence-electron chi connectivity index (χ0n) is 14.4. The predicted octanol–water partition coefficient (Wildman–Crippen LogP) is 2.44. The summed E-state index contributed by atoms with van der Waals surface area (Å²) in [5.74, 6) is -0.159. The number of ether oxygens (including phenoxy) is 1. The minimum atomic E-state index is -0.216. The summed E-state index contributed by atoms with van der Waals surface area (Å²) >= 11 is 0. The van der Waals surface area contributed by atoms with E-state index in [9.17, 15) is 9.18 Å². The first-order chi connectivity index (χ1) is 11.6. The fraction of sp³-hybridized carbons (Fsp3) is 0.632. The van der Waals surface area contributed by atoms with Crippen LogP contribution in [0.5, 0.6) is 0 Å². The maximum absolute atomic E-state index is 13.1. The number of carbonyl (C=O) groups is 1. The molecule has 132 valence electrons. The summed E-state index contributed by atoms with van der Waals surface area (Å²) in [5, 5.41) is 3.04. The Kier molecular flexibility index (Phi) is 5.85. The molecule has 0 aromatic heterocycles. The lowest BCUT2D eigenvalue weighted by molar-refractivity contribution is -0.134. The summed E-state index contributed by atoms with van der Waals surface area (Å²) in [6, 6.07) is 5.17. The topological polar surface area (TPSA) is 41.6 Å². The van der Waals surface area contributed by atoms with Crippen molar-refractivity contribution in [2.45, 2.75) is 51.1 Å². The molecular formula is C19H27FN2O2. The van der Waals surface area contributed by atoms with Gasteiger partial charge >= 0.3 is 0 Å². The van der Waals surface area contributed by atoms with Crippen molar-refractivity contribution in [3.05, 3.63) is 35.1 Å². The second-order valence-corrected chi connectivity index (χ2v) is 6.88. The van der Waals surface area contributed by atoms with E-state index in [0.29, 0.717) is 19.2 Å². The minimum absolute atomic E-state index is 0.0568. The van der Waals surface area contributed by atoms with Crippen LogP contribution in [0, 0.1) is 12.7 Å². The normalized spacial score (nSPS) is 22.7. The van der Waals surface area contributed by atoms with E-state index in [4.69, 9.17) is 4.74 Å². The van der Waals surface area contributed by atoms with Gasteiger partial charge in [0.15, 0.2) is 0 Å². The smallest absolute Gasteiger partial charge is 0.239 e. The van der Waals surface area contributed by atoms with Crippen molar-refractivity contribution in [3.63, 3.8) is 0 Å². The predicted molar refractivity (Wildman–Crippen MR) is 91.4 cm³/mol. The molecule has 1 amide bonds. The SMILES string of the molecule is Cc1cc(F)ccc1CCNC(=O)C1COCCN1C1CCCC1. The van der Waals surface area contributed by atoms with Crippen LogP contribution in [-0.2, 0) is 16.0 Å². The van der Waals surface area contributed by atoms with E-state index in [1.165, 1.54) is 37.8 Å². The largest absolute Gasteiger partial charge is 0.378 e. The third-order valence-corrected chi connectivity index (χ3v) is 5.26. The van der Waals surface area contributed by atoms with Crippen LogP contribution in [0.15, 0.2) is 18.2 Å². The summed E-state index contributed by atoms with van der Waals surface area (Å²) in [6.45, 7) is 4.52. The van der Waals surface area contributed by atoms with Crippen molar-refractivity contribution in [2.75, 3.05) is 26.3 Å². The van der Waals surface area contributed by atoms with Gasteiger partial charge in [0.05, 0.1) is 13.2 Å². The van der Waals surface area contributed by atoms with Crippen molar-refractivity contribution in [1.82, 2.24) is 10.2 Å². The molecule has 1 aromatic rings. The lowest BCUT2D eigenvalue weighted by Gasteiger charge is -2.38. The Labute approximate surface area is 143 Å². The van der Waals surface area contributed by atoms with Crippen molar-refractivity contribution >= 4 is 5.91 Å². The maximum Gasteiger partial charge on any atom is 0.239 e. The van der Waals surface area contributed by atoms with Gasteiger partial charge in [0.2, 0.25) is 5.91 Å². The highest BCUT2D eigenvalue weighted by molar-refractivity contribution is 5.82. The van der Waals surface area contributed by atoms with Gasteiger partial charge in [-0.05, 0) is 49.4 Å². The molecule has 4 nitrogen and oxygen atoms in total. The van der Waals surface area contributed by atoms with Crippen LogP contribution in [0.1, 0.15) is 36.8 Å². The van der Waals surface area contributed by atoms with Crippen LogP contribution in [0.25, 0.3) is 0 Å². The van der Waals surface area contributed by atoms with Gasteiger partial charge in [0, 0.05) is 19.1 Å². The highest BCUT2D eigenvalue weighted by Crippen LogP contribution is 2.26. The molecule has 1 saturated heterocycles. The number of aryl methyl sites for hydroxylation is 1. The molecule has 1 aromatic carbocycles. The first kappa shape index (κ1) is 17.4. The van der Waals surface area contributed by atoms with Gasteiger partial charge in [-0.25, -0.2) is 4.39 Å². The molecular weight excluding hydrogens is 307 g/mol. The van der Waals surface area contributed by atoms with Crippen LogP contribution >= 0.6 is 0 Å². The van der Waals surface area contributed by atoms with E-state index in [2.05, 4.69) is 10.2 Å². The Hall–Kier alpha value is -1.46. The monoisotopic (exact) mass is 334 g/mol. The number of carbonyl (C=O) groups excluding carboxylic acids is 1. The molecule has 0 bridgehead atoms. The molecule has 2 fully saturated rings. The van der Waals surface area contributed by atoms with Crippen LogP contribution < -0.4 is 5.32 Å². The number of halogens is 1.